The third-order valence-electron chi connectivity index (χ3n) is 4.49. The largest absolute Gasteiger partial charge is 0.497 e. The van der Waals surface area contributed by atoms with E-state index in [0.29, 0.717) is 0 Å². The number of hydrogen-bond acceptors (Lipinski definition) is 3. The Labute approximate surface area is 162 Å². The second-order valence-corrected chi connectivity index (χ2v) is 7.78. The summed E-state index contributed by atoms with van der Waals surface area (Å²) >= 11 is 5.22. The van der Waals surface area contributed by atoms with Crippen LogP contribution in [0.1, 0.15) is 0 Å². The molecule has 0 saturated heterocycles. The zero-order valence-corrected chi connectivity index (χ0v) is 16.3. The van der Waals surface area contributed by atoms with Crippen molar-refractivity contribution in [2.45, 2.75) is 0 Å². The van der Waals surface area contributed by atoms with Gasteiger partial charge in [0.15, 0.2) is 4.96 Å². The Balaban J connectivity index is 1.67. The van der Waals surface area contributed by atoms with Gasteiger partial charge in [0.2, 0.25) is 0 Å². The van der Waals surface area contributed by atoms with Crippen molar-refractivity contribution in [3.8, 4) is 28.3 Å². The number of ether oxygens (including phenoxy) is 1. The standard InChI is InChI=1S/C20H14BrN3OS/c1-25-14-4-2-3-12(7-14)18-10-24-19(11-26-20(24)23-18)16-9-22-17-6-5-13(21)8-15(16)17/h2-11,22H,1H3. The first-order valence-corrected chi connectivity index (χ1v) is 9.78. The number of H-pyrrole nitrogens is 1. The molecule has 0 spiro atoms. The van der Waals surface area contributed by atoms with Crippen molar-refractivity contribution in [1.82, 2.24) is 14.4 Å². The molecule has 0 saturated carbocycles. The molecule has 26 heavy (non-hydrogen) atoms. The number of methoxy groups -OCH3 is 1. The van der Waals surface area contributed by atoms with Crippen LogP contribution in [0.3, 0.4) is 0 Å². The number of nitrogens with one attached hydrogen (secondary N) is 1. The van der Waals surface area contributed by atoms with Crippen molar-refractivity contribution in [2.75, 3.05) is 7.11 Å². The minimum atomic E-state index is 0.834. The van der Waals surface area contributed by atoms with Gasteiger partial charge in [0.05, 0.1) is 18.5 Å². The highest BCUT2D eigenvalue weighted by atomic mass is 79.9. The lowest BCUT2D eigenvalue weighted by Gasteiger charge is -2.01. The summed E-state index contributed by atoms with van der Waals surface area (Å²) in [5.41, 5.74) is 5.42. The summed E-state index contributed by atoms with van der Waals surface area (Å²) < 4.78 is 8.56. The number of hydrogen-bond donors (Lipinski definition) is 1. The number of imidazole rings is 1. The number of nitrogens with zero attached hydrogens (tertiary/aromatic N) is 2. The molecule has 5 aromatic rings. The smallest absolute Gasteiger partial charge is 0.194 e. The van der Waals surface area contributed by atoms with E-state index in [9.17, 15) is 0 Å². The Hall–Kier alpha value is -2.57. The van der Waals surface area contributed by atoms with Gasteiger partial charge >= 0.3 is 0 Å². The second-order valence-electron chi connectivity index (χ2n) is 6.02. The van der Waals surface area contributed by atoms with Crippen LogP contribution in [0.2, 0.25) is 0 Å². The molecule has 128 valence electrons. The first-order chi connectivity index (χ1) is 12.7. The van der Waals surface area contributed by atoms with Crippen LogP contribution < -0.4 is 4.74 Å². The number of thiazole rings is 1. The van der Waals surface area contributed by atoms with E-state index in [1.165, 1.54) is 10.9 Å². The van der Waals surface area contributed by atoms with Crippen molar-refractivity contribution >= 4 is 43.1 Å². The SMILES string of the molecule is COc1cccc(-c2cn3c(-c4c[nH]c5ccc(Br)cc45)csc3n2)c1. The summed E-state index contributed by atoms with van der Waals surface area (Å²) in [7, 11) is 1.68. The van der Waals surface area contributed by atoms with Gasteiger partial charge in [-0.1, -0.05) is 28.1 Å². The highest BCUT2D eigenvalue weighted by Gasteiger charge is 2.14. The Kier molecular flexibility index (Phi) is 3.62. The van der Waals surface area contributed by atoms with Gasteiger partial charge in [-0.2, -0.15) is 0 Å². The fraction of sp³-hybridized carbons (Fsp3) is 0.0500. The molecule has 5 rings (SSSR count). The molecule has 0 fully saturated rings. The molecule has 0 bridgehead atoms. The highest BCUT2D eigenvalue weighted by molar-refractivity contribution is 9.10. The van der Waals surface area contributed by atoms with E-state index in [2.05, 4.69) is 61.3 Å². The molecular weight excluding hydrogens is 410 g/mol. The molecule has 2 aromatic carbocycles. The molecule has 0 atom stereocenters. The fourth-order valence-corrected chi connectivity index (χ4v) is 4.44. The molecule has 1 N–H and O–H groups in total. The van der Waals surface area contributed by atoms with Crippen LogP contribution in [0, 0.1) is 0 Å². The minimum Gasteiger partial charge on any atom is -0.497 e. The fourth-order valence-electron chi connectivity index (χ4n) is 3.20. The Morgan fingerprint density at radius 2 is 2.12 bits per heavy atom. The maximum atomic E-state index is 5.33. The van der Waals surface area contributed by atoms with Crippen LogP contribution in [-0.2, 0) is 0 Å². The van der Waals surface area contributed by atoms with Gasteiger partial charge in [-0.15, -0.1) is 11.3 Å². The van der Waals surface area contributed by atoms with Crippen LogP contribution in [0.5, 0.6) is 5.75 Å². The number of aromatic amines is 1. The topological polar surface area (TPSA) is 42.3 Å². The van der Waals surface area contributed by atoms with E-state index in [4.69, 9.17) is 9.72 Å². The highest BCUT2D eigenvalue weighted by Crippen LogP contribution is 2.35. The molecular formula is C20H14BrN3OS. The minimum absolute atomic E-state index is 0.834. The zero-order chi connectivity index (χ0) is 17.7. The number of fused-ring (bicyclic) bond motifs is 2. The second kappa shape index (κ2) is 6.00. The molecule has 4 nitrogen and oxygen atoms in total. The van der Waals surface area contributed by atoms with E-state index >= 15 is 0 Å². The number of halogens is 1. The Morgan fingerprint density at radius 3 is 3.00 bits per heavy atom. The van der Waals surface area contributed by atoms with E-state index in [1.54, 1.807) is 18.4 Å². The van der Waals surface area contributed by atoms with Gasteiger partial charge in [-0.25, -0.2) is 4.98 Å². The summed E-state index contributed by atoms with van der Waals surface area (Å²) in [6.45, 7) is 0. The molecule has 0 aliphatic carbocycles. The molecule has 0 aliphatic heterocycles. The first kappa shape index (κ1) is 15.7. The van der Waals surface area contributed by atoms with Crippen LogP contribution in [0.25, 0.3) is 38.4 Å². The number of aromatic nitrogens is 3. The monoisotopic (exact) mass is 423 g/mol. The summed E-state index contributed by atoms with van der Waals surface area (Å²) in [4.78, 5) is 9.12. The molecule has 0 aliphatic rings. The van der Waals surface area contributed by atoms with E-state index in [-0.39, 0.29) is 0 Å². The summed E-state index contributed by atoms with van der Waals surface area (Å²) in [6.07, 6.45) is 4.15. The van der Waals surface area contributed by atoms with E-state index < -0.39 is 0 Å². The van der Waals surface area contributed by atoms with Crippen molar-refractivity contribution < 1.29 is 4.74 Å². The molecule has 0 radical (unpaired) electrons. The van der Waals surface area contributed by atoms with Gasteiger partial charge in [0.25, 0.3) is 0 Å². The molecule has 0 unspecified atom stereocenters. The average Bonchev–Trinajstić information content (AvgIpc) is 3.35. The van der Waals surface area contributed by atoms with Crippen LogP contribution in [-0.4, -0.2) is 21.5 Å². The van der Waals surface area contributed by atoms with Gasteiger partial charge in [0, 0.05) is 44.3 Å². The van der Waals surface area contributed by atoms with Crippen LogP contribution >= 0.6 is 27.3 Å². The normalized spacial score (nSPS) is 11.5. The van der Waals surface area contributed by atoms with Gasteiger partial charge in [-0.05, 0) is 30.3 Å². The Morgan fingerprint density at radius 1 is 1.19 bits per heavy atom. The van der Waals surface area contributed by atoms with Crippen molar-refractivity contribution in [3.05, 3.63) is 64.7 Å². The average molecular weight is 424 g/mol. The number of rotatable bonds is 3. The predicted octanol–water partition coefficient (Wildman–Crippen LogP) is 5.98. The summed E-state index contributed by atoms with van der Waals surface area (Å²) in [5.74, 6) is 0.834. The maximum absolute atomic E-state index is 5.33. The van der Waals surface area contributed by atoms with Gasteiger partial charge in [0.1, 0.15) is 5.75 Å². The number of benzene rings is 2. The molecule has 3 aromatic heterocycles. The van der Waals surface area contributed by atoms with Crippen molar-refractivity contribution in [2.24, 2.45) is 0 Å². The summed E-state index contributed by atoms with van der Waals surface area (Å²) in [5, 5.41) is 3.34. The van der Waals surface area contributed by atoms with E-state index in [1.807, 2.05) is 24.3 Å². The predicted molar refractivity (Wildman–Crippen MR) is 110 cm³/mol. The first-order valence-electron chi connectivity index (χ1n) is 8.11. The lowest BCUT2D eigenvalue weighted by molar-refractivity contribution is 0.415. The lowest BCUT2D eigenvalue weighted by Crippen LogP contribution is -1.84. The lowest BCUT2D eigenvalue weighted by atomic mass is 10.1. The van der Waals surface area contributed by atoms with Crippen molar-refractivity contribution in [3.63, 3.8) is 0 Å². The van der Waals surface area contributed by atoms with Crippen LogP contribution in [0.15, 0.2) is 64.7 Å². The zero-order valence-electron chi connectivity index (χ0n) is 13.9. The molecule has 3 heterocycles. The van der Waals surface area contributed by atoms with Crippen LogP contribution in [0.4, 0.5) is 0 Å². The molecule has 0 amide bonds. The van der Waals surface area contributed by atoms with E-state index in [0.717, 1.165) is 37.7 Å². The molecule has 6 heteroatoms. The van der Waals surface area contributed by atoms with Crippen molar-refractivity contribution in [1.29, 1.82) is 0 Å². The third kappa shape index (κ3) is 2.45. The van der Waals surface area contributed by atoms with Gasteiger partial charge < -0.3 is 9.72 Å². The Bertz CT molecular complexity index is 1250. The summed E-state index contributed by atoms with van der Waals surface area (Å²) in [6, 6.07) is 14.3. The third-order valence-corrected chi connectivity index (χ3v) is 5.83. The van der Waals surface area contributed by atoms with Gasteiger partial charge in [-0.3, -0.25) is 4.40 Å². The maximum Gasteiger partial charge on any atom is 0.194 e. The quantitative estimate of drug-likeness (QED) is 0.387.